The number of nitrogens with one attached hydrogen (secondary N) is 2. The molecule has 2 rings (SSSR count). The second-order valence-electron chi connectivity index (χ2n) is 6.99. The quantitative estimate of drug-likeness (QED) is 0.224. The van der Waals surface area contributed by atoms with Gasteiger partial charge in [-0.05, 0) is 30.7 Å². The number of carbonyl (C=O) groups excluding carboxylic acids is 1. The van der Waals surface area contributed by atoms with Crippen LogP contribution in [-0.2, 0) is 16.1 Å². The second-order valence-corrected chi connectivity index (χ2v) is 8.02. The third-order valence-corrected chi connectivity index (χ3v) is 5.51. The summed E-state index contributed by atoms with van der Waals surface area (Å²) >= 11 is 1.71. The van der Waals surface area contributed by atoms with Gasteiger partial charge in [-0.15, -0.1) is 35.3 Å². The Bertz CT molecular complexity index is 575. The molecule has 1 amide bonds. The number of thiophene rings is 1. The summed E-state index contributed by atoms with van der Waals surface area (Å²) in [4.78, 5) is 21.7. The molecule has 0 aromatic carbocycles. The van der Waals surface area contributed by atoms with E-state index in [0.717, 1.165) is 58.0 Å². The maximum Gasteiger partial charge on any atom is 0.243 e. The molecule has 0 spiro atoms. The number of piperidine rings is 1. The van der Waals surface area contributed by atoms with Crippen molar-refractivity contribution in [1.82, 2.24) is 20.4 Å². The van der Waals surface area contributed by atoms with Crippen LogP contribution in [0.4, 0.5) is 0 Å². The number of hydrogen-bond donors (Lipinski definition) is 2. The Balaban J connectivity index is 0.00000392. The third kappa shape index (κ3) is 9.53. The molecule has 1 aliphatic rings. The lowest BCUT2D eigenvalue weighted by atomic mass is 10.1. The molecule has 1 aromatic rings. The van der Waals surface area contributed by atoms with Crippen LogP contribution in [-0.4, -0.2) is 81.7 Å². The molecule has 1 saturated heterocycles. The van der Waals surface area contributed by atoms with E-state index in [-0.39, 0.29) is 36.4 Å². The molecule has 2 heterocycles. The molecule has 0 unspecified atom stereocenters. The summed E-state index contributed by atoms with van der Waals surface area (Å²) in [5.74, 6) is 0.719. The van der Waals surface area contributed by atoms with Crippen LogP contribution in [0, 0.1) is 0 Å². The first-order valence-electron chi connectivity index (χ1n) is 9.57. The number of amides is 1. The average Bonchev–Trinajstić information content (AvgIpc) is 3.18. The molecule has 1 aromatic heterocycles. The van der Waals surface area contributed by atoms with Crippen LogP contribution in [0.3, 0.4) is 0 Å². The standard InChI is InChI=1S/C19H33N5O2S.HI/c1-23(2)18(25)15-21-19(20-14-17-6-4-13-27-17)22-16-7-10-24(11-8-16)9-5-12-26-3;/h4,6,13,16H,5,7-12,14-15H2,1-3H3,(H2,20,21,22);1H. The van der Waals surface area contributed by atoms with Gasteiger partial charge in [0.1, 0.15) is 6.54 Å². The van der Waals surface area contributed by atoms with E-state index < -0.39 is 0 Å². The number of ether oxygens (including phenoxy) is 1. The van der Waals surface area contributed by atoms with Gasteiger partial charge in [0.05, 0.1) is 6.54 Å². The minimum Gasteiger partial charge on any atom is -0.385 e. The fraction of sp³-hybridized carbons (Fsp3) is 0.684. The number of halogens is 1. The summed E-state index contributed by atoms with van der Waals surface area (Å²) < 4.78 is 5.13. The molecule has 7 nitrogen and oxygen atoms in total. The smallest absolute Gasteiger partial charge is 0.243 e. The molecule has 1 aliphatic heterocycles. The minimum atomic E-state index is 0. The van der Waals surface area contributed by atoms with E-state index in [4.69, 9.17) is 4.74 Å². The lowest BCUT2D eigenvalue weighted by Crippen LogP contribution is -2.49. The molecule has 28 heavy (non-hydrogen) atoms. The molecule has 0 atom stereocenters. The van der Waals surface area contributed by atoms with Gasteiger partial charge in [0.25, 0.3) is 0 Å². The van der Waals surface area contributed by atoms with Crippen LogP contribution < -0.4 is 10.6 Å². The molecule has 0 radical (unpaired) electrons. The van der Waals surface area contributed by atoms with Crippen LogP contribution in [0.15, 0.2) is 22.5 Å². The molecule has 1 fully saturated rings. The van der Waals surface area contributed by atoms with Crippen molar-refractivity contribution in [1.29, 1.82) is 0 Å². The molecule has 0 saturated carbocycles. The van der Waals surface area contributed by atoms with Crippen molar-refractivity contribution in [3.05, 3.63) is 22.4 Å². The van der Waals surface area contributed by atoms with Crippen molar-refractivity contribution in [3.63, 3.8) is 0 Å². The van der Waals surface area contributed by atoms with Gasteiger partial charge in [0.2, 0.25) is 5.91 Å². The maximum absolute atomic E-state index is 11.9. The zero-order valence-corrected chi connectivity index (χ0v) is 20.3. The average molecular weight is 523 g/mol. The van der Waals surface area contributed by atoms with Crippen LogP contribution in [0.25, 0.3) is 0 Å². The van der Waals surface area contributed by atoms with Gasteiger partial charge in [-0.1, -0.05) is 6.07 Å². The van der Waals surface area contributed by atoms with Crippen molar-refractivity contribution >= 4 is 47.2 Å². The monoisotopic (exact) mass is 523 g/mol. The van der Waals surface area contributed by atoms with Crippen LogP contribution in [0.5, 0.6) is 0 Å². The van der Waals surface area contributed by atoms with Crippen molar-refractivity contribution < 1.29 is 9.53 Å². The third-order valence-electron chi connectivity index (χ3n) is 4.63. The van der Waals surface area contributed by atoms with E-state index in [1.807, 2.05) is 6.07 Å². The Kier molecular flexibility index (Phi) is 12.7. The van der Waals surface area contributed by atoms with Gasteiger partial charge in [-0.25, -0.2) is 4.99 Å². The first-order chi connectivity index (χ1) is 13.1. The van der Waals surface area contributed by atoms with Crippen molar-refractivity contribution in [2.24, 2.45) is 4.99 Å². The number of likely N-dealkylation sites (N-methyl/N-ethyl adjacent to an activating group) is 1. The Morgan fingerprint density at radius 3 is 2.75 bits per heavy atom. The fourth-order valence-corrected chi connectivity index (χ4v) is 3.60. The Morgan fingerprint density at radius 2 is 2.14 bits per heavy atom. The summed E-state index contributed by atoms with van der Waals surface area (Å²) in [6.07, 6.45) is 3.24. The predicted molar refractivity (Wildman–Crippen MR) is 127 cm³/mol. The Labute approximate surface area is 189 Å². The van der Waals surface area contributed by atoms with Gasteiger partial charge < -0.3 is 25.2 Å². The van der Waals surface area contributed by atoms with Gasteiger partial charge in [0.15, 0.2) is 5.96 Å². The van der Waals surface area contributed by atoms with Crippen LogP contribution >= 0.6 is 35.3 Å². The largest absolute Gasteiger partial charge is 0.385 e. The first-order valence-corrected chi connectivity index (χ1v) is 10.4. The number of hydrogen-bond acceptors (Lipinski definition) is 5. The van der Waals surface area contributed by atoms with Gasteiger partial charge >= 0.3 is 0 Å². The SMILES string of the molecule is COCCCN1CCC(NC(=NCC(=O)N(C)C)NCc2cccs2)CC1.I. The normalized spacial score (nSPS) is 15.8. The zero-order valence-electron chi connectivity index (χ0n) is 17.1. The van der Waals surface area contributed by atoms with E-state index in [1.165, 1.54) is 4.88 Å². The summed E-state index contributed by atoms with van der Waals surface area (Å²) in [7, 11) is 5.26. The van der Waals surface area contributed by atoms with Crippen molar-refractivity contribution in [2.45, 2.75) is 31.8 Å². The number of carbonyl (C=O) groups is 1. The number of likely N-dealkylation sites (tertiary alicyclic amines) is 1. The highest BCUT2D eigenvalue weighted by Gasteiger charge is 2.20. The number of guanidine groups is 1. The van der Waals surface area contributed by atoms with Crippen LogP contribution in [0.1, 0.15) is 24.1 Å². The first kappa shape index (κ1) is 25.1. The summed E-state index contributed by atoms with van der Waals surface area (Å²) in [5.41, 5.74) is 0. The maximum atomic E-state index is 11.9. The summed E-state index contributed by atoms with van der Waals surface area (Å²) in [5, 5.41) is 8.95. The highest BCUT2D eigenvalue weighted by molar-refractivity contribution is 14.0. The van der Waals surface area contributed by atoms with E-state index in [0.29, 0.717) is 6.04 Å². The molecule has 2 N–H and O–H groups in total. The van der Waals surface area contributed by atoms with E-state index >= 15 is 0 Å². The molecular weight excluding hydrogens is 489 g/mol. The number of rotatable bonds is 9. The highest BCUT2D eigenvalue weighted by Crippen LogP contribution is 2.11. The fourth-order valence-electron chi connectivity index (χ4n) is 2.95. The summed E-state index contributed by atoms with van der Waals surface area (Å²) in [6, 6.07) is 4.52. The topological polar surface area (TPSA) is 69.2 Å². The van der Waals surface area contributed by atoms with Crippen molar-refractivity contribution in [2.75, 3.05) is 54.0 Å². The molecule has 160 valence electrons. The predicted octanol–water partition coefficient (Wildman–Crippen LogP) is 1.99. The van der Waals surface area contributed by atoms with Crippen molar-refractivity contribution in [3.8, 4) is 0 Å². The van der Waals surface area contributed by atoms with E-state index in [9.17, 15) is 4.79 Å². The second kappa shape index (κ2) is 14.1. The Hall–Kier alpha value is -0.910. The number of methoxy groups -OCH3 is 1. The molecule has 0 bridgehead atoms. The minimum absolute atomic E-state index is 0. The van der Waals surface area contributed by atoms with E-state index in [2.05, 4.69) is 32.0 Å². The van der Waals surface area contributed by atoms with Crippen LogP contribution in [0.2, 0.25) is 0 Å². The lowest BCUT2D eigenvalue weighted by molar-refractivity contribution is -0.127. The molecular formula is C19H34IN5O2S. The summed E-state index contributed by atoms with van der Waals surface area (Å²) in [6.45, 7) is 4.95. The molecule has 9 heteroatoms. The number of aliphatic imine (C=N–C) groups is 1. The highest BCUT2D eigenvalue weighted by atomic mass is 127. The Morgan fingerprint density at radius 1 is 1.39 bits per heavy atom. The van der Waals surface area contributed by atoms with E-state index in [1.54, 1.807) is 37.4 Å². The van der Waals surface area contributed by atoms with Gasteiger partial charge in [-0.3, -0.25) is 4.79 Å². The molecule has 0 aliphatic carbocycles. The zero-order chi connectivity index (χ0) is 19.5. The number of nitrogens with zero attached hydrogens (tertiary/aromatic N) is 3. The van der Waals surface area contributed by atoms with Gasteiger partial charge in [0, 0.05) is 58.4 Å². The van der Waals surface area contributed by atoms with Gasteiger partial charge in [-0.2, -0.15) is 0 Å². The lowest BCUT2D eigenvalue weighted by Gasteiger charge is -2.33.